The summed E-state index contributed by atoms with van der Waals surface area (Å²) in [5.41, 5.74) is 0.0591. The first-order valence-electron chi connectivity index (χ1n) is 8.33. The van der Waals surface area contributed by atoms with Crippen LogP contribution in [0.5, 0.6) is 0 Å². The second-order valence-electron chi connectivity index (χ2n) is 8.62. The van der Waals surface area contributed by atoms with E-state index in [4.69, 9.17) is 4.74 Å². The van der Waals surface area contributed by atoms with Crippen LogP contribution in [0.25, 0.3) is 0 Å². The second kappa shape index (κ2) is 6.28. The highest BCUT2D eigenvalue weighted by molar-refractivity contribution is 5.75. The number of nitrogens with zero attached hydrogens (tertiary/aromatic N) is 1. The topological polar surface area (TPSA) is 29.5 Å². The normalized spacial score (nSPS) is 23.0. The number of carbonyl (C=O) groups is 1. The Bertz CT molecular complexity index is 353. The van der Waals surface area contributed by atoms with E-state index in [0.717, 1.165) is 12.8 Å². The van der Waals surface area contributed by atoms with Gasteiger partial charge in [-0.2, -0.15) is 0 Å². The van der Waals surface area contributed by atoms with Gasteiger partial charge in [0.15, 0.2) is 0 Å². The summed E-state index contributed by atoms with van der Waals surface area (Å²) in [6.07, 6.45) is 4.13. The smallest absolute Gasteiger partial charge is 0.311 e. The zero-order valence-electron chi connectivity index (χ0n) is 15.4. The van der Waals surface area contributed by atoms with E-state index < -0.39 is 0 Å². The van der Waals surface area contributed by atoms with Gasteiger partial charge < -0.3 is 4.74 Å². The Balaban J connectivity index is 2.52. The number of hydrogen-bond acceptors (Lipinski definition) is 3. The molecule has 0 bridgehead atoms. The standard InChI is InChI=1S/C18H35NO2/c1-9-16(2,3)15(20)21-11-10-14-12-17(4,5)19(8)18(6,7)13-14/h14H,9-13H2,1-8H3. The van der Waals surface area contributed by atoms with Gasteiger partial charge in [-0.1, -0.05) is 6.92 Å². The molecule has 21 heavy (non-hydrogen) atoms. The molecule has 0 saturated carbocycles. The van der Waals surface area contributed by atoms with Crippen molar-refractivity contribution in [3.63, 3.8) is 0 Å². The van der Waals surface area contributed by atoms with Gasteiger partial charge in [-0.25, -0.2) is 0 Å². The molecule has 0 aliphatic carbocycles. The maximum absolute atomic E-state index is 12.0. The van der Waals surface area contributed by atoms with Crippen molar-refractivity contribution in [2.75, 3.05) is 13.7 Å². The first-order chi connectivity index (χ1) is 9.42. The van der Waals surface area contributed by atoms with Gasteiger partial charge in [-0.3, -0.25) is 9.69 Å². The third kappa shape index (κ3) is 4.45. The summed E-state index contributed by atoms with van der Waals surface area (Å²) in [5.74, 6) is 0.570. The third-order valence-electron chi connectivity index (χ3n) is 5.59. The molecule has 3 nitrogen and oxygen atoms in total. The summed E-state index contributed by atoms with van der Waals surface area (Å²) in [7, 11) is 2.22. The Labute approximate surface area is 131 Å². The number of rotatable bonds is 5. The fourth-order valence-corrected chi connectivity index (χ4v) is 3.44. The monoisotopic (exact) mass is 297 g/mol. The molecule has 124 valence electrons. The fraction of sp³-hybridized carbons (Fsp3) is 0.944. The second-order valence-corrected chi connectivity index (χ2v) is 8.62. The molecular formula is C18H35NO2. The third-order valence-corrected chi connectivity index (χ3v) is 5.59. The van der Waals surface area contributed by atoms with Crippen LogP contribution in [0.1, 0.15) is 74.1 Å². The Morgan fingerprint density at radius 2 is 1.67 bits per heavy atom. The lowest BCUT2D eigenvalue weighted by atomic mass is 9.73. The summed E-state index contributed by atoms with van der Waals surface area (Å²) < 4.78 is 5.51. The maximum atomic E-state index is 12.0. The minimum absolute atomic E-state index is 0.0588. The molecule has 0 amide bonds. The molecule has 3 heteroatoms. The van der Waals surface area contributed by atoms with Crippen molar-refractivity contribution in [2.45, 2.75) is 85.2 Å². The number of carbonyl (C=O) groups excluding carboxylic acids is 1. The molecule has 0 atom stereocenters. The summed E-state index contributed by atoms with van der Waals surface area (Å²) in [6, 6.07) is 0. The molecule has 1 aliphatic heterocycles. The van der Waals surface area contributed by atoms with Crippen LogP contribution < -0.4 is 0 Å². The quantitative estimate of drug-likeness (QED) is 0.710. The van der Waals surface area contributed by atoms with E-state index in [-0.39, 0.29) is 22.5 Å². The minimum atomic E-state index is -0.356. The van der Waals surface area contributed by atoms with Gasteiger partial charge in [0.05, 0.1) is 12.0 Å². The van der Waals surface area contributed by atoms with E-state index >= 15 is 0 Å². The molecule has 0 radical (unpaired) electrons. The van der Waals surface area contributed by atoms with Crippen LogP contribution in [-0.2, 0) is 9.53 Å². The van der Waals surface area contributed by atoms with Crippen molar-refractivity contribution in [1.82, 2.24) is 4.90 Å². The molecule has 1 rings (SSSR count). The first kappa shape index (κ1) is 18.5. The fourth-order valence-electron chi connectivity index (χ4n) is 3.44. The van der Waals surface area contributed by atoms with Crippen molar-refractivity contribution in [3.05, 3.63) is 0 Å². The van der Waals surface area contributed by atoms with E-state index in [0.29, 0.717) is 12.5 Å². The molecule has 1 heterocycles. The van der Waals surface area contributed by atoms with Crippen LogP contribution >= 0.6 is 0 Å². The molecule has 0 aromatic carbocycles. The zero-order valence-corrected chi connectivity index (χ0v) is 15.4. The van der Waals surface area contributed by atoms with E-state index in [2.05, 4.69) is 39.6 Å². The lowest BCUT2D eigenvalue weighted by molar-refractivity contribution is -0.154. The summed E-state index contributed by atoms with van der Waals surface area (Å²) in [6.45, 7) is 15.8. The highest BCUT2D eigenvalue weighted by Crippen LogP contribution is 2.41. The van der Waals surface area contributed by atoms with Crippen LogP contribution in [0.2, 0.25) is 0 Å². The number of hydrogen-bond donors (Lipinski definition) is 0. The Hall–Kier alpha value is -0.570. The van der Waals surface area contributed by atoms with Crippen molar-refractivity contribution >= 4 is 5.97 Å². The van der Waals surface area contributed by atoms with Gasteiger partial charge in [-0.15, -0.1) is 0 Å². The Morgan fingerprint density at radius 1 is 1.19 bits per heavy atom. The molecule has 0 aromatic heterocycles. The van der Waals surface area contributed by atoms with Gasteiger partial charge in [0, 0.05) is 11.1 Å². The lowest BCUT2D eigenvalue weighted by Crippen LogP contribution is -2.58. The van der Waals surface area contributed by atoms with Gasteiger partial charge in [0.25, 0.3) is 0 Å². The predicted octanol–water partition coefficient (Wildman–Crippen LogP) is 4.25. The van der Waals surface area contributed by atoms with Crippen LogP contribution in [-0.4, -0.2) is 35.6 Å². The van der Waals surface area contributed by atoms with Crippen LogP contribution in [0.4, 0.5) is 0 Å². The average molecular weight is 297 g/mol. The van der Waals surface area contributed by atoms with E-state index in [9.17, 15) is 4.79 Å². The van der Waals surface area contributed by atoms with Crippen LogP contribution in [0, 0.1) is 11.3 Å². The molecule has 0 N–H and O–H groups in total. The van der Waals surface area contributed by atoms with Gasteiger partial charge in [-0.05, 0) is 80.2 Å². The van der Waals surface area contributed by atoms with Crippen molar-refractivity contribution in [2.24, 2.45) is 11.3 Å². The highest BCUT2D eigenvalue weighted by Gasteiger charge is 2.42. The molecule has 1 aliphatic rings. The Kier molecular flexibility index (Phi) is 5.52. The predicted molar refractivity (Wildman–Crippen MR) is 88.3 cm³/mol. The molecule has 0 aromatic rings. The van der Waals surface area contributed by atoms with E-state index in [1.165, 1.54) is 12.8 Å². The Morgan fingerprint density at radius 3 is 2.10 bits per heavy atom. The van der Waals surface area contributed by atoms with Crippen LogP contribution in [0.3, 0.4) is 0 Å². The number of likely N-dealkylation sites (tertiary alicyclic amines) is 1. The summed E-state index contributed by atoms with van der Waals surface area (Å²) >= 11 is 0. The highest BCUT2D eigenvalue weighted by atomic mass is 16.5. The summed E-state index contributed by atoms with van der Waals surface area (Å²) in [4.78, 5) is 14.5. The number of piperidine rings is 1. The SMILES string of the molecule is CCC(C)(C)C(=O)OCCC1CC(C)(C)N(C)C(C)(C)C1. The zero-order chi connectivity index (χ0) is 16.5. The van der Waals surface area contributed by atoms with Gasteiger partial charge >= 0.3 is 5.97 Å². The molecule has 1 saturated heterocycles. The van der Waals surface area contributed by atoms with E-state index in [1.54, 1.807) is 0 Å². The number of ether oxygens (including phenoxy) is 1. The van der Waals surface area contributed by atoms with Crippen molar-refractivity contribution in [1.29, 1.82) is 0 Å². The minimum Gasteiger partial charge on any atom is -0.465 e. The molecule has 1 fully saturated rings. The van der Waals surface area contributed by atoms with Crippen molar-refractivity contribution in [3.8, 4) is 0 Å². The van der Waals surface area contributed by atoms with Crippen LogP contribution in [0.15, 0.2) is 0 Å². The number of esters is 1. The van der Waals surface area contributed by atoms with Gasteiger partial charge in [0.2, 0.25) is 0 Å². The average Bonchev–Trinajstić information content (AvgIpc) is 2.35. The molecule has 0 spiro atoms. The molecule has 0 unspecified atom stereocenters. The van der Waals surface area contributed by atoms with Gasteiger partial charge in [0.1, 0.15) is 0 Å². The first-order valence-corrected chi connectivity index (χ1v) is 8.33. The van der Waals surface area contributed by atoms with Crippen molar-refractivity contribution < 1.29 is 9.53 Å². The van der Waals surface area contributed by atoms with E-state index in [1.807, 2.05) is 20.8 Å². The summed E-state index contributed by atoms with van der Waals surface area (Å²) in [5, 5.41) is 0. The molecular weight excluding hydrogens is 262 g/mol. The maximum Gasteiger partial charge on any atom is 0.311 e. The largest absolute Gasteiger partial charge is 0.465 e. The lowest BCUT2D eigenvalue weighted by Gasteiger charge is -2.53.